The van der Waals surface area contributed by atoms with E-state index in [1.165, 1.54) is 12.3 Å². The molecule has 3 nitrogen and oxygen atoms in total. The Morgan fingerprint density at radius 2 is 2.29 bits per heavy atom. The van der Waals surface area contributed by atoms with E-state index < -0.39 is 0 Å². The first-order chi connectivity index (χ1) is 6.75. The molecule has 0 unspecified atom stereocenters. The minimum absolute atomic E-state index is 0.0236. The summed E-state index contributed by atoms with van der Waals surface area (Å²) in [7, 11) is 0. The van der Waals surface area contributed by atoms with Gasteiger partial charge in [-0.15, -0.1) is 11.3 Å². The van der Waals surface area contributed by atoms with Crippen LogP contribution in [0.4, 0.5) is 0 Å². The summed E-state index contributed by atoms with van der Waals surface area (Å²) < 4.78 is 2.66. The number of aromatic nitrogens is 2. The lowest BCUT2D eigenvalue weighted by atomic mass is 10.4. The summed E-state index contributed by atoms with van der Waals surface area (Å²) in [6.07, 6.45) is 3.05. The molecule has 2 aromatic rings. The van der Waals surface area contributed by atoms with Gasteiger partial charge in [0.1, 0.15) is 0 Å². The van der Waals surface area contributed by atoms with Crippen LogP contribution in [0.3, 0.4) is 0 Å². The Bertz CT molecular complexity index is 491. The van der Waals surface area contributed by atoms with Gasteiger partial charge in [-0.25, -0.2) is 4.98 Å². The third kappa shape index (κ3) is 2.10. The standard InChI is InChI=1S/C9H7BrN2OS/c10-8-2-1-7(14-8)5-12-6-11-4-3-9(12)13/h1-4,6H,5H2. The first kappa shape index (κ1) is 9.61. The van der Waals surface area contributed by atoms with Gasteiger partial charge < -0.3 is 0 Å². The van der Waals surface area contributed by atoms with E-state index >= 15 is 0 Å². The molecule has 0 spiro atoms. The molecule has 0 bridgehead atoms. The number of thiophene rings is 1. The van der Waals surface area contributed by atoms with Crippen LogP contribution in [0.2, 0.25) is 0 Å². The van der Waals surface area contributed by atoms with Crippen LogP contribution in [0, 0.1) is 0 Å². The van der Waals surface area contributed by atoms with E-state index in [0.29, 0.717) is 6.54 Å². The molecule has 0 N–H and O–H groups in total. The molecule has 72 valence electrons. The average Bonchev–Trinajstić information content (AvgIpc) is 2.56. The van der Waals surface area contributed by atoms with Gasteiger partial charge in [-0.1, -0.05) is 0 Å². The summed E-state index contributed by atoms with van der Waals surface area (Å²) in [5.74, 6) is 0. The first-order valence-corrected chi connectivity index (χ1v) is 5.61. The highest BCUT2D eigenvalue weighted by atomic mass is 79.9. The Balaban J connectivity index is 2.27. The molecular weight excluding hydrogens is 264 g/mol. The lowest BCUT2D eigenvalue weighted by Gasteiger charge is -2.00. The summed E-state index contributed by atoms with van der Waals surface area (Å²) >= 11 is 5.00. The zero-order valence-corrected chi connectivity index (χ0v) is 9.59. The molecule has 0 aromatic carbocycles. The fourth-order valence-corrected chi connectivity index (χ4v) is 2.58. The second-order valence-electron chi connectivity index (χ2n) is 2.75. The van der Waals surface area contributed by atoms with Crippen LogP contribution in [-0.2, 0) is 6.54 Å². The zero-order chi connectivity index (χ0) is 9.97. The van der Waals surface area contributed by atoms with Gasteiger partial charge in [0, 0.05) is 17.1 Å². The fraction of sp³-hybridized carbons (Fsp3) is 0.111. The highest BCUT2D eigenvalue weighted by molar-refractivity contribution is 9.11. The van der Waals surface area contributed by atoms with Gasteiger partial charge in [0.15, 0.2) is 0 Å². The van der Waals surface area contributed by atoms with E-state index in [-0.39, 0.29) is 5.56 Å². The molecule has 0 aliphatic heterocycles. The van der Waals surface area contributed by atoms with Crippen LogP contribution in [-0.4, -0.2) is 9.55 Å². The summed E-state index contributed by atoms with van der Waals surface area (Å²) in [6.45, 7) is 0.586. The van der Waals surface area contributed by atoms with Gasteiger partial charge in [-0.3, -0.25) is 9.36 Å². The topological polar surface area (TPSA) is 34.9 Å². The van der Waals surface area contributed by atoms with Crippen molar-refractivity contribution in [1.82, 2.24) is 9.55 Å². The van der Waals surface area contributed by atoms with Gasteiger partial charge in [0.2, 0.25) is 0 Å². The first-order valence-electron chi connectivity index (χ1n) is 4.00. The molecule has 0 saturated carbocycles. The SMILES string of the molecule is O=c1ccncn1Cc1ccc(Br)s1. The lowest BCUT2D eigenvalue weighted by Crippen LogP contribution is -2.18. The predicted octanol–water partition coefficient (Wildman–Crippen LogP) is 2.12. The third-order valence-electron chi connectivity index (χ3n) is 1.75. The monoisotopic (exact) mass is 270 g/mol. The van der Waals surface area contributed by atoms with Crippen LogP contribution < -0.4 is 5.56 Å². The average molecular weight is 271 g/mol. The normalized spacial score (nSPS) is 10.4. The molecule has 0 radical (unpaired) electrons. The minimum atomic E-state index is -0.0236. The Labute approximate surface area is 93.2 Å². The largest absolute Gasteiger partial charge is 0.294 e. The molecule has 0 amide bonds. The molecule has 0 fully saturated rings. The number of hydrogen-bond acceptors (Lipinski definition) is 3. The van der Waals surface area contributed by atoms with Crippen molar-refractivity contribution in [2.45, 2.75) is 6.54 Å². The van der Waals surface area contributed by atoms with Crippen LogP contribution >= 0.6 is 27.3 Å². The maximum Gasteiger partial charge on any atom is 0.253 e. The quantitative estimate of drug-likeness (QED) is 0.838. The zero-order valence-electron chi connectivity index (χ0n) is 7.18. The third-order valence-corrected chi connectivity index (χ3v) is 3.36. The smallest absolute Gasteiger partial charge is 0.253 e. The molecule has 5 heteroatoms. The number of rotatable bonds is 2. The lowest BCUT2D eigenvalue weighted by molar-refractivity contribution is 0.745. The number of halogens is 1. The molecular formula is C9H7BrN2OS. The molecule has 14 heavy (non-hydrogen) atoms. The molecule has 0 aliphatic rings. The van der Waals surface area contributed by atoms with Crippen LogP contribution in [0.25, 0.3) is 0 Å². The van der Waals surface area contributed by atoms with E-state index in [9.17, 15) is 4.79 Å². The Hall–Kier alpha value is -0.940. The minimum Gasteiger partial charge on any atom is -0.294 e. The molecule has 2 aromatic heterocycles. The maximum absolute atomic E-state index is 11.3. The van der Waals surface area contributed by atoms with Crippen LogP contribution in [0.15, 0.2) is 39.3 Å². The number of hydrogen-bond donors (Lipinski definition) is 0. The van der Waals surface area contributed by atoms with Gasteiger partial charge in [-0.05, 0) is 28.1 Å². The van der Waals surface area contributed by atoms with Crippen molar-refractivity contribution in [2.75, 3.05) is 0 Å². The van der Waals surface area contributed by atoms with E-state index in [4.69, 9.17) is 0 Å². The van der Waals surface area contributed by atoms with E-state index in [2.05, 4.69) is 20.9 Å². The van der Waals surface area contributed by atoms with Crippen molar-refractivity contribution >= 4 is 27.3 Å². The predicted molar refractivity (Wildman–Crippen MR) is 59.6 cm³/mol. The van der Waals surface area contributed by atoms with Gasteiger partial charge >= 0.3 is 0 Å². The molecule has 0 atom stereocenters. The highest BCUT2D eigenvalue weighted by Gasteiger charge is 1.99. The summed E-state index contributed by atoms with van der Waals surface area (Å²) in [4.78, 5) is 16.4. The van der Waals surface area contributed by atoms with Crippen molar-refractivity contribution in [2.24, 2.45) is 0 Å². The van der Waals surface area contributed by atoms with Gasteiger partial charge in [0.05, 0.1) is 16.7 Å². The van der Waals surface area contributed by atoms with Crippen molar-refractivity contribution in [1.29, 1.82) is 0 Å². The van der Waals surface area contributed by atoms with Gasteiger partial charge in [-0.2, -0.15) is 0 Å². The molecule has 2 heterocycles. The molecule has 0 aliphatic carbocycles. The number of nitrogens with zero attached hydrogens (tertiary/aromatic N) is 2. The van der Waals surface area contributed by atoms with Crippen LogP contribution in [0.1, 0.15) is 4.88 Å². The summed E-state index contributed by atoms with van der Waals surface area (Å²) in [6, 6.07) is 5.43. The van der Waals surface area contributed by atoms with Crippen molar-refractivity contribution in [3.8, 4) is 0 Å². The van der Waals surface area contributed by atoms with Crippen LogP contribution in [0.5, 0.6) is 0 Å². The summed E-state index contributed by atoms with van der Waals surface area (Å²) in [5, 5.41) is 0. The Morgan fingerprint density at radius 1 is 1.43 bits per heavy atom. The maximum atomic E-state index is 11.3. The van der Waals surface area contributed by atoms with E-state index in [1.54, 1.807) is 22.2 Å². The second-order valence-corrected chi connectivity index (χ2v) is 5.30. The fourth-order valence-electron chi connectivity index (χ4n) is 1.10. The van der Waals surface area contributed by atoms with Crippen molar-refractivity contribution < 1.29 is 0 Å². The van der Waals surface area contributed by atoms with E-state index in [0.717, 1.165) is 8.66 Å². The second kappa shape index (κ2) is 4.06. The molecule has 2 rings (SSSR count). The molecule has 0 saturated heterocycles. The van der Waals surface area contributed by atoms with Gasteiger partial charge in [0.25, 0.3) is 5.56 Å². The highest BCUT2D eigenvalue weighted by Crippen LogP contribution is 2.22. The van der Waals surface area contributed by atoms with Crippen molar-refractivity contribution in [3.05, 3.63) is 49.7 Å². The Morgan fingerprint density at radius 3 is 2.93 bits per heavy atom. The Kier molecular flexibility index (Phi) is 2.79. The summed E-state index contributed by atoms with van der Waals surface area (Å²) in [5.41, 5.74) is -0.0236. The van der Waals surface area contributed by atoms with Crippen molar-refractivity contribution in [3.63, 3.8) is 0 Å². The van der Waals surface area contributed by atoms with E-state index in [1.807, 2.05) is 12.1 Å².